The maximum absolute atomic E-state index is 13.7. The number of halogens is 1. The molecule has 0 bridgehead atoms. The molecule has 4 heterocycles. The SMILES string of the molecule is COC(=O)CCC1=C(CC(=O)OC)C(Cc2[nH]cc(CC(=O)OC)c2CCC(=O)OC)(Cc2[nH]c(Cc3[nH]c(I)c(CCC(=O)OC)c3CC(=O)OC)c(CCC(=O)OC)c2CC(=O)OC)N(C=O)C1. The summed E-state index contributed by atoms with van der Waals surface area (Å²) in [6.07, 6.45) is 1.30. The minimum atomic E-state index is -1.50. The van der Waals surface area contributed by atoms with Gasteiger partial charge in [-0.05, 0) is 92.8 Å². The second kappa shape index (κ2) is 26.5. The number of amides is 1. The summed E-state index contributed by atoms with van der Waals surface area (Å²) in [6.45, 7) is -0.0404. The fourth-order valence-corrected chi connectivity index (χ4v) is 9.90. The Balaban J connectivity index is 2.12. The highest BCUT2D eigenvalue weighted by molar-refractivity contribution is 14.1. The number of ether oxygens (including phenoxy) is 8. The second-order valence-corrected chi connectivity index (χ2v) is 17.5. The van der Waals surface area contributed by atoms with Crippen molar-refractivity contribution in [2.75, 3.05) is 63.4 Å². The maximum atomic E-state index is 13.7. The molecule has 0 aliphatic carbocycles. The van der Waals surface area contributed by atoms with Gasteiger partial charge in [-0.15, -0.1) is 0 Å². The number of hydrogen-bond donors (Lipinski definition) is 3. The van der Waals surface area contributed by atoms with Crippen LogP contribution in [0.2, 0.25) is 0 Å². The lowest BCUT2D eigenvalue weighted by Gasteiger charge is -2.39. The van der Waals surface area contributed by atoms with Crippen LogP contribution in [-0.2, 0) is 139 Å². The quantitative estimate of drug-likeness (QED) is 0.0325. The fraction of sp³-hybridized carbons (Fsp3) is 0.521. The first kappa shape index (κ1) is 56.1. The van der Waals surface area contributed by atoms with E-state index in [0.717, 1.165) is 0 Å². The van der Waals surface area contributed by atoms with Gasteiger partial charge in [-0.25, -0.2) is 0 Å². The Kier molecular flexibility index (Phi) is 21.2. The van der Waals surface area contributed by atoms with E-state index in [9.17, 15) is 43.2 Å². The van der Waals surface area contributed by atoms with Crippen molar-refractivity contribution < 1.29 is 81.0 Å². The van der Waals surface area contributed by atoms with Crippen LogP contribution in [0.1, 0.15) is 94.7 Å². The third kappa shape index (κ3) is 14.1. The highest BCUT2D eigenvalue weighted by atomic mass is 127. The number of H-pyrrole nitrogens is 3. The first-order chi connectivity index (χ1) is 33.4. The molecule has 0 spiro atoms. The first-order valence-corrected chi connectivity index (χ1v) is 23.3. The largest absolute Gasteiger partial charge is 0.469 e. The van der Waals surface area contributed by atoms with Gasteiger partial charge < -0.3 is 57.7 Å². The fourth-order valence-electron chi connectivity index (χ4n) is 8.98. The summed E-state index contributed by atoms with van der Waals surface area (Å²) in [4.78, 5) is 128. The molecule has 4 rings (SSSR count). The van der Waals surface area contributed by atoms with Crippen molar-refractivity contribution in [1.82, 2.24) is 19.9 Å². The molecule has 3 aromatic rings. The minimum Gasteiger partial charge on any atom is -0.469 e. The molecule has 21 nitrogen and oxygen atoms in total. The van der Waals surface area contributed by atoms with E-state index in [2.05, 4.69) is 37.5 Å². The molecule has 0 saturated carbocycles. The highest BCUT2D eigenvalue weighted by Crippen LogP contribution is 2.45. The molecule has 70 heavy (non-hydrogen) atoms. The lowest BCUT2D eigenvalue weighted by atomic mass is 9.77. The molecule has 1 aliphatic heterocycles. The molecule has 1 aliphatic rings. The molecule has 3 aromatic heterocycles. The van der Waals surface area contributed by atoms with Crippen LogP contribution in [0.3, 0.4) is 0 Å². The summed E-state index contributed by atoms with van der Waals surface area (Å²) >= 11 is 2.09. The number of carbonyl (C=O) groups excluding carboxylic acids is 9. The Bertz CT molecular complexity index is 2460. The van der Waals surface area contributed by atoms with Crippen LogP contribution in [0.15, 0.2) is 17.3 Å². The molecule has 3 N–H and O–H groups in total. The van der Waals surface area contributed by atoms with Gasteiger partial charge >= 0.3 is 47.8 Å². The maximum Gasteiger partial charge on any atom is 0.310 e. The summed E-state index contributed by atoms with van der Waals surface area (Å²) in [6, 6.07) is 0. The lowest BCUT2D eigenvalue weighted by Crippen LogP contribution is -2.50. The summed E-state index contributed by atoms with van der Waals surface area (Å²) < 4.78 is 40.9. The van der Waals surface area contributed by atoms with Crippen molar-refractivity contribution in [3.8, 4) is 0 Å². The second-order valence-electron chi connectivity index (χ2n) is 16.4. The van der Waals surface area contributed by atoms with Crippen molar-refractivity contribution in [1.29, 1.82) is 0 Å². The van der Waals surface area contributed by atoms with Crippen molar-refractivity contribution >= 4 is 76.8 Å². The molecular formula is C48H61IN4O17. The monoisotopic (exact) mass is 1090 g/mol. The van der Waals surface area contributed by atoms with Gasteiger partial charge in [-0.2, -0.15) is 0 Å². The highest BCUT2D eigenvalue weighted by Gasteiger charge is 2.49. The normalized spacial score (nSPS) is 14.2. The Morgan fingerprint density at radius 1 is 0.529 bits per heavy atom. The predicted octanol–water partition coefficient (Wildman–Crippen LogP) is 3.14. The zero-order chi connectivity index (χ0) is 51.7. The minimum absolute atomic E-state index is 0.0199. The van der Waals surface area contributed by atoms with Crippen LogP contribution in [0, 0.1) is 3.70 Å². The van der Waals surface area contributed by atoms with Crippen molar-refractivity contribution in [3.05, 3.63) is 77.2 Å². The smallest absolute Gasteiger partial charge is 0.310 e. The number of aromatic nitrogens is 3. The van der Waals surface area contributed by atoms with Crippen LogP contribution in [0.4, 0.5) is 0 Å². The van der Waals surface area contributed by atoms with E-state index < -0.39 is 53.3 Å². The Morgan fingerprint density at radius 3 is 1.47 bits per heavy atom. The summed E-state index contributed by atoms with van der Waals surface area (Å²) in [5.41, 5.74) is 4.75. The van der Waals surface area contributed by atoms with Gasteiger partial charge in [0.15, 0.2) is 0 Å². The summed E-state index contributed by atoms with van der Waals surface area (Å²) in [7, 11) is 9.97. The van der Waals surface area contributed by atoms with E-state index in [-0.39, 0.29) is 103 Å². The van der Waals surface area contributed by atoms with Crippen molar-refractivity contribution in [2.24, 2.45) is 0 Å². The van der Waals surface area contributed by atoms with Gasteiger partial charge in [0.05, 0.1) is 91.8 Å². The van der Waals surface area contributed by atoms with E-state index in [4.69, 9.17) is 37.9 Å². The van der Waals surface area contributed by atoms with Crippen LogP contribution in [0.5, 0.6) is 0 Å². The molecule has 0 aromatic carbocycles. The number of nitrogens with zero attached hydrogens (tertiary/aromatic N) is 1. The third-order valence-corrected chi connectivity index (χ3v) is 13.5. The molecule has 1 atom stereocenters. The Morgan fingerprint density at radius 2 is 0.957 bits per heavy atom. The molecule has 1 unspecified atom stereocenters. The van der Waals surface area contributed by atoms with Gasteiger partial charge in [0.1, 0.15) is 0 Å². The summed E-state index contributed by atoms with van der Waals surface area (Å²) in [5.74, 6) is -4.46. The van der Waals surface area contributed by atoms with Gasteiger partial charge in [0, 0.05) is 80.5 Å². The van der Waals surface area contributed by atoms with E-state index in [1.54, 1.807) is 6.20 Å². The predicted molar refractivity (Wildman–Crippen MR) is 254 cm³/mol. The van der Waals surface area contributed by atoms with Gasteiger partial charge in [0.25, 0.3) is 0 Å². The number of esters is 8. The molecule has 0 radical (unpaired) electrons. The number of methoxy groups -OCH3 is 8. The molecular weight excluding hydrogens is 1030 g/mol. The van der Waals surface area contributed by atoms with Gasteiger partial charge in [-0.3, -0.25) is 43.2 Å². The topological polar surface area (TPSA) is 278 Å². The lowest BCUT2D eigenvalue weighted by molar-refractivity contribution is -0.141. The molecule has 382 valence electrons. The van der Waals surface area contributed by atoms with Gasteiger partial charge in [-0.1, -0.05) is 0 Å². The van der Waals surface area contributed by atoms with Gasteiger partial charge in [0.2, 0.25) is 6.41 Å². The van der Waals surface area contributed by atoms with Crippen LogP contribution in [-0.4, -0.2) is 143 Å². The van der Waals surface area contributed by atoms with Crippen LogP contribution < -0.4 is 0 Å². The van der Waals surface area contributed by atoms with E-state index in [1.807, 2.05) is 0 Å². The van der Waals surface area contributed by atoms with E-state index in [0.29, 0.717) is 77.4 Å². The number of rotatable bonds is 27. The Hall–Kier alpha value is -6.46. The average molecular weight is 1090 g/mol. The zero-order valence-corrected chi connectivity index (χ0v) is 42.9. The average Bonchev–Trinajstić information content (AvgIpc) is 4.06. The number of aromatic amines is 3. The standard InChI is InChI=1S/C48H61IN4O17/c1-63-39(55)13-9-27-25-53(26-54)48(34(27)20-46(62)70-8,22-37-29(10-14-40(56)64-2)28(24-50-37)17-43(59)67-5)23-38-32(18-44(60)68-6)30(11-15-41(57)65-3)35(51-38)21-36-33(19-45(61)69-7)31(47(49)52-36)12-16-42(58)66-4/h24,26,50-52H,9-23,25H2,1-8H3. The molecule has 0 saturated heterocycles. The molecule has 0 fully saturated rings. The molecule has 22 heteroatoms. The van der Waals surface area contributed by atoms with E-state index >= 15 is 0 Å². The van der Waals surface area contributed by atoms with Crippen LogP contribution >= 0.6 is 22.6 Å². The van der Waals surface area contributed by atoms with Crippen LogP contribution in [0.25, 0.3) is 0 Å². The zero-order valence-electron chi connectivity index (χ0n) is 40.7. The summed E-state index contributed by atoms with van der Waals surface area (Å²) in [5, 5.41) is 0. The number of nitrogens with one attached hydrogen (secondary N) is 3. The first-order valence-electron chi connectivity index (χ1n) is 22.2. The number of carbonyl (C=O) groups is 9. The third-order valence-electron chi connectivity index (χ3n) is 12.6. The molecule has 1 amide bonds. The Labute approximate surface area is 418 Å². The van der Waals surface area contributed by atoms with E-state index in [1.165, 1.54) is 61.8 Å². The number of hydrogen-bond acceptors (Lipinski definition) is 17. The van der Waals surface area contributed by atoms with Crippen molar-refractivity contribution in [3.63, 3.8) is 0 Å². The van der Waals surface area contributed by atoms with Crippen molar-refractivity contribution in [2.45, 2.75) is 102 Å².